The highest BCUT2D eigenvalue weighted by molar-refractivity contribution is 5.74. The fourth-order valence-corrected chi connectivity index (χ4v) is 3.93. The van der Waals surface area contributed by atoms with E-state index in [0.29, 0.717) is 11.8 Å². The molecule has 1 saturated carbocycles. The Hall–Kier alpha value is -1.43. The van der Waals surface area contributed by atoms with Crippen LogP contribution >= 0.6 is 0 Å². The van der Waals surface area contributed by atoms with Gasteiger partial charge in [0.05, 0.1) is 29.8 Å². The van der Waals surface area contributed by atoms with E-state index in [4.69, 9.17) is 0 Å². The SMILES string of the molecule is O[C@@H]1C[C@@H]2CN(Cc3nc4ccccc4[nH]3)C[C@@H]2C[C@H]1O. The molecular weight excluding hydrogens is 266 g/mol. The number of benzene rings is 1. The third-order valence-electron chi connectivity index (χ3n) is 5.00. The van der Waals surface area contributed by atoms with Gasteiger partial charge in [0, 0.05) is 13.1 Å². The molecule has 1 aliphatic carbocycles. The number of aromatic amines is 1. The first-order chi connectivity index (χ1) is 10.2. The fraction of sp³-hybridized carbons (Fsp3) is 0.562. The smallest absolute Gasteiger partial charge is 0.121 e. The van der Waals surface area contributed by atoms with Crippen molar-refractivity contribution in [3.8, 4) is 0 Å². The molecule has 1 aromatic carbocycles. The number of para-hydroxylation sites is 2. The molecule has 1 aromatic heterocycles. The van der Waals surface area contributed by atoms with Crippen LogP contribution in [0.3, 0.4) is 0 Å². The van der Waals surface area contributed by atoms with E-state index in [1.165, 1.54) is 0 Å². The van der Waals surface area contributed by atoms with Gasteiger partial charge in [-0.2, -0.15) is 0 Å². The predicted molar refractivity (Wildman–Crippen MR) is 79.6 cm³/mol. The first-order valence-corrected chi connectivity index (χ1v) is 7.71. The van der Waals surface area contributed by atoms with Crippen LogP contribution in [0.25, 0.3) is 11.0 Å². The van der Waals surface area contributed by atoms with Crippen LogP contribution in [0.5, 0.6) is 0 Å². The molecule has 1 aliphatic heterocycles. The highest BCUT2D eigenvalue weighted by atomic mass is 16.3. The number of H-pyrrole nitrogens is 1. The zero-order chi connectivity index (χ0) is 14.4. The van der Waals surface area contributed by atoms with Gasteiger partial charge in [0.25, 0.3) is 0 Å². The summed E-state index contributed by atoms with van der Waals surface area (Å²) in [5, 5.41) is 19.6. The molecule has 0 amide bonds. The Bertz CT molecular complexity index is 590. The van der Waals surface area contributed by atoms with Gasteiger partial charge >= 0.3 is 0 Å². The van der Waals surface area contributed by atoms with Gasteiger partial charge in [0.1, 0.15) is 5.82 Å². The Morgan fingerprint density at radius 2 is 1.76 bits per heavy atom. The standard InChI is InChI=1S/C16H21N3O2/c20-14-5-10-7-19(8-11(10)6-15(14)21)9-16-17-12-3-1-2-4-13(12)18-16/h1-4,10-11,14-15,20-21H,5-9H2,(H,17,18)/t10-,11+,14-,15-/m1/s1. The van der Waals surface area contributed by atoms with Gasteiger partial charge in [0.2, 0.25) is 0 Å². The molecule has 2 aromatic rings. The Kier molecular flexibility index (Phi) is 3.21. The number of nitrogens with one attached hydrogen (secondary N) is 1. The molecule has 0 radical (unpaired) electrons. The number of hydrogen-bond acceptors (Lipinski definition) is 4. The lowest BCUT2D eigenvalue weighted by Gasteiger charge is -2.32. The Labute approximate surface area is 123 Å². The quantitative estimate of drug-likeness (QED) is 0.774. The number of hydrogen-bond donors (Lipinski definition) is 3. The maximum atomic E-state index is 9.81. The maximum absolute atomic E-state index is 9.81. The van der Waals surface area contributed by atoms with Gasteiger partial charge in [-0.05, 0) is 36.8 Å². The summed E-state index contributed by atoms with van der Waals surface area (Å²) in [6.07, 6.45) is 0.361. The summed E-state index contributed by atoms with van der Waals surface area (Å²) in [6.45, 7) is 2.80. The molecule has 3 N–H and O–H groups in total. The average molecular weight is 287 g/mol. The lowest BCUT2D eigenvalue weighted by Crippen LogP contribution is -2.38. The van der Waals surface area contributed by atoms with Crippen LogP contribution in [0.2, 0.25) is 0 Å². The first kappa shape index (κ1) is 13.2. The van der Waals surface area contributed by atoms with E-state index < -0.39 is 12.2 Å². The number of nitrogens with zero attached hydrogens (tertiary/aromatic N) is 2. The van der Waals surface area contributed by atoms with Gasteiger partial charge in [-0.25, -0.2) is 4.98 Å². The molecular formula is C16H21N3O2. The lowest BCUT2D eigenvalue weighted by atomic mass is 9.79. The van der Waals surface area contributed by atoms with Gasteiger partial charge in [-0.1, -0.05) is 12.1 Å². The van der Waals surface area contributed by atoms with Crippen molar-refractivity contribution in [2.45, 2.75) is 31.6 Å². The molecule has 1 saturated heterocycles. The summed E-state index contributed by atoms with van der Waals surface area (Å²) in [4.78, 5) is 10.4. The number of aliphatic hydroxyl groups excluding tert-OH is 2. The second kappa shape index (κ2) is 5.09. The van der Waals surface area contributed by atoms with Crippen molar-refractivity contribution >= 4 is 11.0 Å². The Balaban J connectivity index is 1.46. The van der Waals surface area contributed by atoms with Crippen molar-refractivity contribution in [2.75, 3.05) is 13.1 Å². The topological polar surface area (TPSA) is 72.4 Å². The molecule has 4 atom stereocenters. The van der Waals surface area contributed by atoms with E-state index in [9.17, 15) is 10.2 Å². The molecule has 2 heterocycles. The molecule has 2 fully saturated rings. The zero-order valence-corrected chi connectivity index (χ0v) is 11.9. The summed E-state index contributed by atoms with van der Waals surface area (Å²) in [5.74, 6) is 2.01. The van der Waals surface area contributed by atoms with E-state index in [0.717, 1.165) is 49.3 Å². The molecule has 2 aliphatic rings. The van der Waals surface area contributed by atoms with Crippen molar-refractivity contribution in [2.24, 2.45) is 11.8 Å². The minimum absolute atomic E-state index is 0.507. The Morgan fingerprint density at radius 3 is 2.43 bits per heavy atom. The van der Waals surface area contributed by atoms with E-state index in [1.54, 1.807) is 0 Å². The van der Waals surface area contributed by atoms with Crippen LogP contribution in [0.1, 0.15) is 18.7 Å². The van der Waals surface area contributed by atoms with Gasteiger partial charge in [0.15, 0.2) is 0 Å². The molecule has 5 nitrogen and oxygen atoms in total. The number of likely N-dealkylation sites (tertiary alicyclic amines) is 1. The molecule has 21 heavy (non-hydrogen) atoms. The van der Waals surface area contributed by atoms with Crippen molar-refractivity contribution in [1.82, 2.24) is 14.9 Å². The van der Waals surface area contributed by atoms with E-state index in [2.05, 4.69) is 14.9 Å². The summed E-state index contributed by atoms with van der Waals surface area (Å²) in [5.41, 5.74) is 2.09. The normalized spacial score (nSPS) is 33.4. The van der Waals surface area contributed by atoms with E-state index in [-0.39, 0.29) is 0 Å². The predicted octanol–water partition coefficient (Wildman–Crippen LogP) is 1.13. The monoisotopic (exact) mass is 287 g/mol. The molecule has 0 unspecified atom stereocenters. The molecule has 4 rings (SSSR count). The number of rotatable bonds is 2. The number of fused-ring (bicyclic) bond motifs is 2. The summed E-state index contributed by atoms with van der Waals surface area (Å²) < 4.78 is 0. The third-order valence-corrected chi connectivity index (χ3v) is 5.00. The number of imidazole rings is 1. The minimum Gasteiger partial charge on any atom is -0.390 e. The van der Waals surface area contributed by atoms with Crippen molar-refractivity contribution in [1.29, 1.82) is 0 Å². The highest BCUT2D eigenvalue weighted by Gasteiger charge is 2.41. The van der Waals surface area contributed by atoms with Crippen LogP contribution in [0.15, 0.2) is 24.3 Å². The highest BCUT2D eigenvalue weighted by Crippen LogP contribution is 2.36. The van der Waals surface area contributed by atoms with Crippen LogP contribution in [0.4, 0.5) is 0 Å². The molecule has 112 valence electrons. The molecule has 0 bridgehead atoms. The Morgan fingerprint density at radius 1 is 1.10 bits per heavy atom. The van der Waals surface area contributed by atoms with Gasteiger partial charge < -0.3 is 15.2 Å². The second-order valence-corrected chi connectivity index (χ2v) is 6.52. The minimum atomic E-state index is -0.544. The summed E-state index contributed by atoms with van der Waals surface area (Å²) >= 11 is 0. The van der Waals surface area contributed by atoms with E-state index >= 15 is 0 Å². The third kappa shape index (κ3) is 2.46. The maximum Gasteiger partial charge on any atom is 0.121 e. The van der Waals surface area contributed by atoms with Crippen LogP contribution in [-0.4, -0.2) is 50.4 Å². The van der Waals surface area contributed by atoms with Gasteiger partial charge in [-0.15, -0.1) is 0 Å². The van der Waals surface area contributed by atoms with Crippen LogP contribution in [-0.2, 0) is 6.54 Å². The van der Waals surface area contributed by atoms with Crippen LogP contribution in [0, 0.1) is 11.8 Å². The molecule has 5 heteroatoms. The fourth-order valence-electron chi connectivity index (χ4n) is 3.93. The van der Waals surface area contributed by atoms with Gasteiger partial charge in [-0.3, -0.25) is 4.90 Å². The van der Waals surface area contributed by atoms with E-state index in [1.807, 2.05) is 24.3 Å². The number of aliphatic hydroxyl groups is 2. The lowest BCUT2D eigenvalue weighted by molar-refractivity contribution is -0.0372. The van der Waals surface area contributed by atoms with Crippen molar-refractivity contribution < 1.29 is 10.2 Å². The van der Waals surface area contributed by atoms with Crippen molar-refractivity contribution in [3.63, 3.8) is 0 Å². The average Bonchev–Trinajstić information content (AvgIpc) is 3.02. The van der Waals surface area contributed by atoms with Crippen molar-refractivity contribution in [3.05, 3.63) is 30.1 Å². The summed E-state index contributed by atoms with van der Waals surface area (Å²) in [7, 11) is 0. The second-order valence-electron chi connectivity index (χ2n) is 6.52. The summed E-state index contributed by atoms with van der Waals surface area (Å²) in [6, 6.07) is 8.08. The van der Waals surface area contributed by atoms with Crippen LogP contribution < -0.4 is 0 Å². The molecule has 0 spiro atoms. The zero-order valence-electron chi connectivity index (χ0n) is 11.9. The largest absolute Gasteiger partial charge is 0.390 e. The number of aromatic nitrogens is 2. The first-order valence-electron chi connectivity index (χ1n) is 7.71.